The van der Waals surface area contributed by atoms with Gasteiger partial charge in [-0.3, -0.25) is 14.9 Å². The quantitative estimate of drug-likeness (QED) is 0.396. The number of hydrazine groups is 1. The van der Waals surface area contributed by atoms with Crippen molar-refractivity contribution in [2.24, 2.45) is 5.84 Å². The average Bonchev–Trinajstić information content (AvgIpc) is 3.08. The molecular weight excluding hydrogens is 375 g/mol. The Kier molecular flexibility index (Phi) is 5.46. The SMILES string of the molecule is COc1ccc(-c2cc(C(=O)NN)nn2Cc2cc(Cl)ccc2Cl)cc1. The number of hydrogen-bond donors (Lipinski definition) is 2. The summed E-state index contributed by atoms with van der Waals surface area (Å²) in [6, 6.07) is 14.3. The van der Waals surface area contributed by atoms with Crippen molar-refractivity contribution in [1.29, 1.82) is 0 Å². The van der Waals surface area contributed by atoms with Crippen LogP contribution in [0.25, 0.3) is 11.3 Å². The number of hydrogen-bond acceptors (Lipinski definition) is 4. The fourth-order valence-electron chi connectivity index (χ4n) is 2.54. The van der Waals surface area contributed by atoms with Gasteiger partial charge >= 0.3 is 0 Å². The Morgan fingerprint density at radius 1 is 1.19 bits per heavy atom. The Morgan fingerprint density at radius 2 is 1.92 bits per heavy atom. The second kappa shape index (κ2) is 7.78. The van der Waals surface area contributed by atoms with Gasteiger partial charge < -0.3 is 4.74 Å². The molecule has 0 aliphatic rings. The van der Waals surface area contributed by atoms with Gasteiger partial charge in [0.2, 0.25) is 0 Å². The Balaban J connectivity index is 2.05. The minimum absolute atomic E-state index is 0.205. The minimum atomic E-state index is -0.476. The summed E-state index contributed by atoms with van der Waals surface area (Å²) < 4.78 is 6.87. The molecule has 1 aromatic heterocycles. The van der Waals surface area contributed by atoms with Gasteiger partial charge in [0.05, 0.1) is 19.3 Å². The highest BCUT2D eigenvalue weighted by Crippen LogP contribution is 2.27. The predicted octanol–water partition coefficient (Wildman–Crippen LogP) is 3.52. The monoisotopic (exact) mass is 390 g/mol. The fourth-order valence-corrected chi connectivity index (χ4v) is 2.91. The normalized spacial score (nSPS) is 10.6. The van der Waals surface area contributed by atoms with Gasteiger partial charge in [-0.05, 0) is 54.1 Å². The van der Waals surface area contributed by atoms with Crippen LogP contribution < -0.4 is 16.0 Å². The lowest BCUT2D eigenvalue weighted by Gasteiger charge is -2.10. The lowest BCUT2D eigenvalue weighted by Crippen LogP contribution is -2.30. The third-order valence-corrected chi connectivity index (χ3v) is 4.46. The number of ether oxygens (including phenoxy) is 1. The zero-order valence-corrected chi connectivity index (χ0v) is 15.4. The van der Waals surface area contributed by atoms with Gasteiger partial charge in [-0.1, -0.05) is 23.2 Å². The van der Waals surface area contributed by atoms with E-state index >= 15 is 0 Å². The first kappa shape index (κ1) is 18.3. The molecule has 0 saturated heterocycles. The number of benzene rings is 2. The van der Waals surface area contributed by atoms with Crippen molar-refractivity contribution in [3.05, 3.63) is 69.8 Å². The second-order valence-electron chi connectivity index (χ2n) is 5.51. The molecule has 0 bridgehead atoms. The zero-order valence-electron chi connectivity index (χ0n) is 13.9. The first-order valence-electron chi connectivity index (χ1n) is 7.69. The van der Waals surface area contributed by atoms with Crippen molar-refractivity contribution in [2.75, 3.05) is 7.11 Å². The lowest BCUT2D eigenvalue weighted by molar-refractivity contribution is 0.0948. The van der Waals surface area contributed by atoms with Crippen molar-refractivity contribution in [3.8, 4) is 17.0 Å². The number of halogens is 2. The molecule has 134 valence electrons. The summed E-state index contributed by atoms with van der Waals surface area (Å²) >= 11 is 12.3. The van der Waals surface area contributed by atoms with Gasteiger partial charge in [0.25, 0.3) is 5.91 Å². The topological polar surface area (TPSA) is 82.2 Å². The molecule has 0 aliphatic carbocycles. The molecule has 0 fully saturated rings. The molecule has 6 nitrogen and oxygen atoms in total. The van der Waals surface area contributed by atoms with Gasteiger partial charge in [0.15, 0.2) is 5.69 Å². The first-order valence-corrected chi connectivity index (χ1v) is 8.44. The number of aromatic nitrogens is 2. The average molecular weight is 391 g/mol. The summed E-state index contributed by atoms with van der Waals surface area (Å²) in [5, 5.41) is 5.49. The molecule has 3 aromatic rings. The van der Waals surface area contributed by atoms with Crippen molar-refractivity contribution in [3.63, 3.8) is 0 Å². The first-order chi connectivity index (χ1) is 12.5. The highest BCUT2D eigenvalue weighted by atomic mass is 35.5. The maximum absolute atomic E-state index is 11.9. The Morgan fingerprint density at radius 3 is 2.58 bits per heavy atom. The van der Waals surface area contributed by atoms with Crippen LogP contribution in [-0.2, 0) is 6.54 Å². The van der Waals surface area contributed by atoms with E-state index in [4.69, 9.17) is 33.8 Å². The maximum atomic E-state index is 11.9. The summed E-state index contributed by atoms with van der Waals surface area (Å²) in [5.41, 5.74) is 4.69. The van der Waals surface area contributed by atoms with E-state index in [9.17, 15) is 4.79 Å². The van der Waals surface area contributed by atoms with Crippen LogP contribution >= 0.6 is 23.2 Å². The predicted molar refractivity (Wildman–Crippen MR) is 101 cm³/mol. The molecule has 1 amide bonds. The lowest BCUT2D eigenvalue weighted by atomic mass is 10.1. The summed E-state index contributed by atoms with van der Waals surface area (Å²) in [4.78, 5) is 11.9. The largest absolute Gasteiger partial charge is 0.497 e. The van der Waals surface area contributed by atoms with Crippen LogP contribution in [-0.4, -0.2) is 22.8 Å². The van der Waals surface area contributed by atoms with Crippen LogP contribution in [0.4, 0.5) is 0 Å². The number of rotatable bonds is 5. The molecule has 3 rings (SSSR count). The summed E-state index contributed by atoms with van der Waals surface area (Å²) in [7, 11) is 1.60. The van der Waals surface area contributed by atoms with Crippen molar-refractivity contribution >= 4 is 29.1 Å². The number of nitrogens with zero attached hydrogens (tertiary/aromatic N) is 2. The third kappa shape index (κ3) is 3.83. The molecule has 0 spiro atoms. The highest BCUT2D eigenvalue weighted by molar-refractivity contribution is 6.33. The smallest absolute Gasteiger partial charge is 0.285 e. The van der Waals surface area contributed by atoms with Gasteiger partial charge in [-0.15, -0.1) is 0 Å². The highest BCUT2D eigenvalue weighted by Gasteiger charge is 2.16. The fraction of sp³-hybridized carbons (Fsp3) is 0.111. The van der Waals surface area contributed by atoms with Crippen molar-refractivity contribution < 1.29 is 9.53 Å². The van der Waals surface area contributed by atoms with E-state index in [1.165, 1.54) is 0 Å². The molecule has 0 saturated carbocycles. The number of carbonyl (C=O) groups is 1. The number of amides is 1. The van der Waals surface area contributed by atoms with Gasteiger partial charge in [0.1, 0.15) is 5.75 Å². The van der Waals surface area contributed by atoms with Crippen LogP contribution in [0.15, 0.2) is 48.5 Å². The van der Waals surface area contributed by atoms with Crippen LogP contribution in [0.2, 0.25) is 10.0 Å². The van der Waals surface area contributed by atoms with Gasteiger partial charge in [0, 0.05) is 15.6 Å². The number of carbonyl (C=O) groups excluding carboxylic acids is 1. The van der Waals surface area contributed by atoms with Gasteiger partial charge in [-0.25, -0.2) is 5.84 Å². The molecule has 1 heterocycles. The molecular formula is C18H16Cl2N4O2. The number of nitrogen functional groups attached to an aromatic ring is 1. The van der Waals surface area contributed by atoms with Crippen LogP contribution in [0, 0.1) is 0 Å². The van der Waals surface area contributed by atoms with E-state index in [1.807, 2.05) is 24.3 Å². The van der Waals surface area contributed by atoms with E-state index < -0.39 is 5.91 Å². The Labute approximate surface area is 160 Å². The van der Waals surface area contributed by atoms with Crippen LogP contribution in [0.5, 0.6) is 5.75 Å². The summed E-state index contributed by atoms with van der Waals surface area (Å²) in [6.07, 6.45) is 0. The molecule has 3 N–H and O–H groups in total. The van der Waals surface area contributed by atoms with E-state index in [1.54, 1.807) is 36.1 Å². The maximum Gasteiger partial charge on any atom is 0.285 e. The van der Waals surface area contributed by atoms with Crippen LogP contribution in [0.1, 0.15) is 16.1 Å². The molecule has 26 heavy (non-hydrogen) atoms. The third-order valence-electron chi connectivity index (χ3n) is 3.86. The molecule has 2 aromatic carbocycles. The Bertz CT molecular complexity index is 939. The summed E-state index contributed by atoms with van der Waals surface area (Å²) in [6.45, 7) is 0.346. The van der Waals surface area contributed by atoms with E-state index in [0.717, 1.165) is 22.6 Å². The molecule has 0 unspecified atom stereocenters. The van der Waals surface area contributed by atoms with Crippen LogP contribution in [0.3, 0.4) is 0 Å². The van der Waals surface area contributed by atoms with E-state index in [-0.39, 0.29) is 5.69 Å². The standard InChI is InChI=1S/C18H16Cl2N4O2/c1-26-14-5-2-11(3-6-14)17-9-16(18(25)22-21)23-24(17)10-12-8-13(19)4-7-15(12)20/h2-9H,10,21H2,1H3,(H,22,25). The second-order valence-corrected chi connectivity index (χ2v) is 6.35. The number of nitrogens with two attached hydrogens (primary N) is 1. The van der Waals surface area contributed by atoms with Crippen molar-refractivity contribution in [1.82, 2.24) is 15.2 Å². The molecule has 0 atom stereocenters. The van der Waals surface area contributed by atoms with Crippen molar-refractivity contribution in [2.45, 2.75) is 6.54 Å². The molecule has 0 radical (unpaired) electrons. The van der Waals surface area contributed by atoms with E-state index in [2.05, 4.69) is 10.5 Å². The molecule has 8 heteroatoms. The van der Waals surface area contributed by atoms with E-state index in [0.29, 0.717) is 16.6 Å². The Hall–Kier alpha value is -2.54. The molecule has 0 aliphatic heterocycles. The minimum Gasteiger partial charge on any atom is -0.497 e. The summed E-state index contributed by atoms with van der Waals surface area (Å²) in [5.74, 6) is 5.49. The zero-order chi connectivity index (χ0) is 18.7. The number of methoxy groups -OCH3 is 1. The van der Waals surface area contributed by atoms with Gasteiger partial charge in [-0.2, -0.15) is 5.10 Å². The number of nitrogens with one attached hydrogen (secondary N) is 1.